The van der Waals surface area contributed by atoms with Crippen LogP contribution in [0.4, 0.5) is 0 Å². The standard InChI is InChI=1S/C13H15N3/c1-15(2)11-13-7-5-6-12(13)10-14-16-8-3-4-9-16/h3-11H,1-2H3/b13-11+,14-10+/i14+1,16+1. The average molecular weight is 215 g/mol. The summed E-state index contributed by atoms with van der Waals surface area (Å²) in [4.78, 5) is 2.03. The molecule has 0 radical (unpaired) electrons. The van der Waals surface area contributed by atoms with E-state index in [0.29, 0.717) is 0 Å². The highest BCUT2D eigenvalue weighted by Crippen LogP contribution is 2.16. The number of nitrogens with zero attached hydrogens (tertiary/aromatic N) is 3. The molecule has 0 saturated carbocycles. The lowest BCUT2D eigenvalue weighted by molar-refractivity contribution is 0.561. The molecule has 82 valence electrons. The highest BCUT2D eigenvalue weighted by atomic mass is 16.2. The Hall–Kier alpha value is -2.03. The van der Waals surface area contributed by atoms with Gasteiger partial charge in [-0.1, -0.05) is 18.2 Å². The first-order valence-corrected chi connectivity index (χ1v) is 5.20. The summed E-state index contributed by atoms with van der Waals surface area (Å²) in [5, 5.41) is 4.33. The quantitative estimate of drug-likeness (QED) is 0.559. The Labute approximate surface area is 95.7 Å². The van der Waals surface area contributed by atoms with Crippen LogP contribution in [0, 0.1) is 0 Å². The molecule has 1 aromatic rings. The minimum Gasteiger partial charge on any atom is -0.383 e. The Morgan fingerprint density at radius 3 is 2.69 bits per heavy atom. The van der Waals surface area contributed by atoms with Gasteiger partial charge in [0.1, 0.15) is 0 Å². The molecular weight excluding hydrogens is 200 g/mol. The van der Waals surface area contributed by atoms with E-state index in [-0.39, 0.29) is 0 Å². The van der Waals surface area contributed by atoms with Crippen LogP contribution in [0.2, 0.25) is 0 Å². The normalized spacial score (nSPS) is 17.4. The molecule has 3 heteroatoms. The summed E-state index contributed by atoms with van der Waals surface area (Å²) in [5.74, 6) is 0. The Balaban J connectivity index is 2.12. The highest BCUT2D eigenvalue weighted by molar-refractivity contribution is 5.88. The van der Waals surface area contributed by atoms with Crippen molar-refractivity contribution in [3.8, 4) is 0 Å². The molecule has 1 aliphatic rings. The lowest BCUT2D eigenvalue weighted by atomic mass is 10.2. The predicted molar refractivity (Wildman–Crippen MR) is 67.3 cm³/mol. The van der Waals surface area contributed by atoms with Gasteiger partial charge >= 0.3 is 0 Å². The second-order valence-electron chi connectivity index (χ2n) is 3.84. The van der Waals surface area contributed by atoms with Crippen molar-refractivity contribution in [3.63, 3.8) is 0 Å². The zero-order chi connectivity index (χ0) is 11.4. The number of rotatable bonds is 3. The van der Waals surface area contributed by atoms with Crippen LogP contribution in [0.25, 0.3) is 0 Å². The summed E-state index contributed by atoms with van der Waals surface area (Å²) in [6.45, 7) is 0. The van der Waals surface area contributed by atoms with Crippen LogP contribution in [0.1, 0.15) is 0 Å². The highest BCUT2D eigenvalue weighted by Gasteiger charge is 2.03. The van der Waals surface area contributed by atoms with Crippen molar-refractivity contribution >= 4 is 6.21 Å². The fourth-order valence-electron chi connectivity index (χ4n) is 1.49. The molecule has 1 aliphatic carbocycles. The van der Waals surface area contributed by atoms with Gasteiger partial charge in [-0.05, 0) is 17.7 Å². The molecule has 0 atom stereocenters. The van der Waals surface area contributed by atoms with Gasteiger partial charge in [-0.2, -0.15) is 5.10 Å². The van der Waals surface area contributed by atoms with Gasteiger partial charge in [-0.3, -0.25) is 0 Å². The molecule has 3 nitrogen and oxygen atoms in total. The van der Waals surface area contributed by atoms with E-state index < -0.39 is 0 Å². The molecule has 0 fully saturated rings. The SMILES string of the molecule is CN(C)/C=C1\C=CC=C1/C=[15N]/[15n]1cccc1. The van der Waals surface area contributed by atoms with Crippen LogP contribution < -0.4 is 0 Å². The maximum absolute atomic E-state index is 4.33. The first kappa shape index (κ1) is 10.5. The van der Waals surface area contributed by atoms with E-state index >= 15 is 0 Å². The lowest BCUT2D eigenvalue weighted by Crippen LogP contribution is -2.03. The van der Waals surface area contributed by atoms with E-state index in [1.165, 1.54) is 5.57 Å². The second-order valence-corrected chi connectivity index (χ2v) is 3.84. The van der Waals surface area contributed by atoms with Gasteiger partial charge in [0.25, 0.3) is 0 Å². The minimum absolute atomic E-state index is 1.13. The van der Waals surface area contributed by atoms with Crippen LogP contribution in [0.5, 0.6) is 0 Å². The summed E-state index contributed by atoms with van der Waals surface area (Å²) < 4.78 is 1.78. The number of hydrogen-bond acceptors (Lipinski definition) is 2. The van der Waals surface area contributed by atoms with Crippen LogP contribution in [0.3, 0.4) is 0 Å². The van der Waals surface area contributed by atoms with Gasteiger partial charge in [0.05, 0.1) is 6.21 Å². The first-order valence-electron chi connectivity index (χ1n) is 5.20. The van der Waals surface area contributed by atoms with Gasteiger partial charge in [0.2, 0.25) is 0 Å². The Morgan fingerprint density at radius 1 is 1.25 bits per heavy atom. The number of allylic oxidation sites excluding steroid dienone is 5. The molecule has 0 spiro atoms. The Kier molecular flexibility index (Phi) is 3.05. The maximum atomic E-state index is 4.33. The van der Waals surface area contributed by atoms with E-state index in [9.17, 15) is 0 Å². The van der Waals surface area contributed by atoms with Crippen LogP contribution in [0.15, 0.2) is 65.2 Å². The van der Waals surface area contributed by atoms with E-state index in [2.05, 4.69) is 23.5 Å². The minimum atomic E-state index is 1.13. The molecule has 0 amide bonds. The zero-order valence-electron chi connectivity index (χ0n) is 9.54. The molecule has 0 saturated heterocycles. The zero-order valence-corrected chi connectivity index (χ0v) is 9.54. The van der Waals surface area contributed by atoms with Gasteiger partial charge in [-0.25, -0.2) is 4.68 Å². The Morgan fingerprint density at radius 2 is 2.00 bits per heavy atom. The molecule has 0 aromatic carbocycles. The summed E-state index contributed by atoms with van der Waals surface area (Å²) >= 11 is 0. The predicted octanol–water partition coefficient (Wildman–Crippen LogP) is 2.26. The van der Waals surface area contributed by atoms with E-state index in [0.717, 1.165) is 5.57 Å². The third kappa shape index (κ3) is 2.51. The average Bonchev–Trinajstić information content (AvgIpc) is 2.84. The smallest absolute Gasteiger partial charge is 0.0557 e. The summed E-state index contributed by atoms with van der Waals surface area (Å²) in [6.07, 6.45) is 13.9. The fourth-order valence-corrected chi connectivity index (χ4v) is 1.49. The monoisotopic (exact) mass is 215 g/mol. The van der Waals surface area contributed by atoms with Crippen molar-refractivity contribution < 1.29 is 0 Å². The lowest BCUT2D eigenvalue weighted by Gasteiger charge is -2.07. The van der Waals surface area contributed by atoms with Crippen molar-refractivity contribution in [1.82, 2.24) is 9.58 Å². The molecule has 16 heavy (non-hydrogen) atoms. The van der Waals surface area contributed by atoms with Gasteiger partial charge in [-0.15, -0.1) is 0 Å². The van der Waals surface area contributed by atoms with Crippen molar-refractivity contribution in [1.29, 1.82) is 0 Å². The number of aromatic nitrogens is 1. The molecule has 0 N–H and O–H groups in total. The van der Waals surface area contributed by atoms with Crippen molar-refractivity contribution in [2.45, 2.75) is 0 Å². The van der Waals surface area contributed by atoms with E-state index in [1.807, 2.05) is 55.8 Å². The van der Waals surface area contributed by atoms with Gasteiger partial charge in [0, 0.05) is 38.3 Å². The topological polar surface area (TPSA) is 20.5 Å². The third-order valence-electron chi connectivity index (χ3n) is 2.20. The van der Waals surface area contributed by atoms with Crippen molar-refractivity contribution in [3.05, 3.63) is 60.1 Å². The first-order chi connectivity index (χ1) is 7.75. The molecule has 0 bridgehead atoms. The largest absolute Gasteiger partial charge is 0.383 e. The molecule has 1 heterocycles. The number of hydrogen-bond donors (Lipinski definition) is 0. The van der Waals surface area contributed by atoms with Crippen molar-refractivity contribution in [2.75, 3.05) is 14.1 Å². The van der Waals surface area contributed by atoms with E-state index in [4.69, 9.17) is 0 Å². The summed E-state index contributed by atoms with van der Waals surface area (Å²) in [7, 11) is 4.03. The molecule has 0 unspecified atom stereocenters. The second kappa shape index (κ2) is 4.66. The van der Waals surface area contributed by atoms with Crippen LogP contribution >= 0.6 is 0 Å². The summed E-state index contributed by atoms with van der Waals surface area (Å²) in [5.41, 5.74) is 2.31. The molecule has 2 rings (SSSR count). The molecule has 0 aliphatic heterocycles. The Bertz CT molecular complexity index is 459. The van der Waals surface area contributed by atoms with E-state index in [1.54, 1.807) is 4.68 Å². The van der Waals surface area contributed by atoms with Crippen molar-refractivity contribution in [2.24, 2.45) is 5.10 Å². The fraction of sp³-hybridized carbons (Fsp3) is 0.154. The molecule has 1 aromatic heterocycles. The third-order valence-corrected chi connectivity index (χ3v) is 2.20. The maximum Gasteiger partial charge on any atom is 0.0557 e. The van der Waals surface area contributed by atoms with Gasteiger partial charge < -0.3 is 4.90 Å². The van der Waals surface area contributed by atoms with Gasteiger partial charge in [0.15, 0.2) is 0 Å². The summed E-state index contributed by atoms with van der Waals surface area (Å²) in [6, 6.07) is 3.91. The van der Waals surface area contributed by atoms with Crippen LogP contribution in [-0.2, 0) is 0 Å². The molecular formula is C13H15N3. The van der Waals surface area contributed by atoms with Crippen LogP contribution in [-0.4, -0.2) is 29.9 Å².